The van der Waals surface area contributed by atoms with Crippen LogP contribution in [0, 0.1) is 0 Å². The molecule has 0 N–H and O–H groups in total. The second-order valence-corrected chi connectivity index (χ2v) is 14.7. The Morgan fingerprint density at radius 3 is 2.07 bits per heavy atom. The number of hydrogen-bond acceptors (Lipinski definition) is 5. The maximum Gasteiger partial charge on any atom is 0.163 e. The molecule has 0 radical (unpaired) electrons. The van der Waals surface area contributed by atoms with Gasteiger partial charge in [-0.2, -0.15) is 0 Å². The van der Waals surface area contributed by atoms with Gasteiger partial charge >= 0.3 is 0 Å². The van der Waals surface area contributed by atoms with Gasteiger partial charge in [-0.1, -0.05) is 140 Å². The predicted octanol–water partition coefficient (Wildman–Crippen LogP) is 13.5. The predicted molar refractivity (Wildman–Crippen MR) is 228 cm³/mol. The molecule has 3 aromatic heterocycles. The molecule has 0 bridgehead atoms. The fourth-order valence-electron chi connectivity index (χ4n) is 8.79. The van der Waals surface area contributed by atoms with E-state index < -0.39 is 0 Å². The van der Waals surface area contributed by atoms with Gasteiger partial charge < -0.3 is 8.83 Å². The molecule has 56 heavy (non-hydrogen) atoms. The number of aromatic nitrogens is 3. The first-order valence-corrected chi connectivity index (χ1v) is 19.0. The molecule has 5 nitrogen and oxygen atoms in total. The SMILES string of the molecule is C1=Cc2oc3cccc(-c4cccc5c4oc4cc6ccccc6cc45)c3c2C(c2nc(-c3ccccc3)nc(-c3ccc4c(ccc5ccccc54)c3)n2)C1. The summed E-state index contributed by atoms with van der Waals surface area (Å²) in [6.45, 7) is 0. The number of fused-ring (bicyclic) bond motifs is 10. The first-order chi connectivity index (χ1) is 27.7. The Morgan fingerprint density at radius 1 is 0.464 bits per heavy atom. The van der Waals surface area contributed by atoms with Crippen LogP contribution >= 0.6 is 0 Å². The van der Waals surface area contributed by atoms with Crippen molar-refractivity contribution in [3.63, 3.8) is 0 Å². The minimum atomic E-state index is -0.175. The van der Waals surface area contributed by atoms with Gasteiger partial charge in [-0.05, 0) is 74.6 Å². The highest BCUT2D eigenvalue weighted by Crippen LogP contribution is 2.47. The van der Waals surface area contributed by atoms with E-state index in [0.717, 1.165) is 83.7 Å². The van der Waals surface area contributed by atoms with Gasteiger partial charge in [-0.3, -0.25) is 0 Å². The molecule has 0 saturated carbocycles. The molecule has 0 aliphatic heterocycles. The second kappa shape index (κ2) is 12.1. The van der Waals surface area contributed by atoms with Gasteiger partial charge in [0.25, 0.3) is 0 Å². The van der Waals surface area contributed by atoms with Gasteiger partial charge in [0.1, 0.15) is 28.3 Å². The van der Waals surface area contributed by atoms with Gasteiger partial charge in [-0.25, -0.2) is 15.0 Å². The maximum atomic E-state index is 6.73. The molecular weight excluding hydrogens is 687 g/mol. The molecule has 5 heteroatoms. The molecule has 3 heterocycles. The molecule has 0 spiro atoms. The Hall–Kier alpha value is -7.37. The molecule has 0 saturated heterocycles. The lowest BCUT2D eigenvalue weighted by molar-refractivity contribution is 0.586. The van der Waals surface area contributed by atoms with Crippen molar-refractivity contribution in [3.8, 4) is 33.9 Å². The van der Waals surface area contributed by atoms with E-state index in [1.165, 1.54) is 21.5 Å². The van der Waals surface area contributed by atoms with Crippen molar-refractivity contribution in [3.05, 3.63) is 181 Å². The molecule has 0 fully saturated rings. The normalized spacial score (nSPS) is 14.1. The monoisotopic (exact) mass is 717 g/mol. The van der Waals surface area contributed by atoms with Gasteiger partial charge in [0, 0.05) is 38.4 Å². The molecule has 1 aliphatic carbocycles. The molecule has 12 rings (SSSR count). The van der Waals surface area contributed by atoms with Gasteiger partial charge in [-0.15, -0.1) is 0 Å². The molecule has 0 amide bonds. The number of hydrogen-bond donors (Lipinski definition) is 0. The fourth-order valence-corrected chi connectivity index (χ4v) is 8.79. The van der Waals surface area contributed by atoms with Crippen LogP contribution in [0.15, 0.2) is 173 Å². The summed E-state index contributed by atoms with van der Waals surface area (Å²) in [5.41, 5.74) is 7.61. The van der Waals surface area contributed by atoms with E-state index in [9.17, 15) is 0 Å². The number of furan rings is 2. The lowest BCUT2D eigenvalue weighted by atomic mass is 9.85. The van der Waals surface area contributed by atoms with Gasteiger partial charge in [0.05, 0.1) is 5.92 Å². The summed E-state index contributed by atoms with van der Waals surface area (Å²) >= 11 is 0. The van der Waals surface area contributed by atoms with Crippen LogP contribution in [-0.4, -0.2) is 15.0 Å². The molecule has 1 unspecified atom stereocenters. The first kappa shape index (κ1) is 31.0. The van der Waals surface area contributed by atoms with Crippen LogP contribution < -0.4 is 0 Å². The Morgan fingerprint density at radius 2 is 1.18 bits per heavy atom. The van der Waals surface area contributed by atoms with Crippen LogP contribution in [0.3, 0.4) is 0 Å². The minimum Gasteiger partial charge on any atom is -0.456 e. The minimum absolute atomic E-state index is 0.175. The highest BCUT2D eigenvalue weighted by atomic mass is 16.3. The number of nitrogens with zero attached hydrogens (tertiary/aromatic N) is 3. The fraction of sp³-hybridized carbons (Fsp3) is 0.0392. The number of benzene rings is 8. The van der Waals surface area contributed by atoms with E-state index in [1.54, 1.807) is 0 Å². The van der Waals surface area contributed by atoms with Crippen molar-refractivity contribution < 1.29 is 8.83 Å². The summed E-state index contributed by atoms with van der Waals surface area (Å²) in [7, 11) is 0. The lowest BCUT2D eigenvalue weighted by Gasteiger charge is -2.19. The van der Waals surface area contributed by atoms with Crippen LogP contribution in [-0.2, 0) is 0 Å². The Bertz CT molecular complexity index is 3410. The largest absolute Gasteiger partial charge is 0.456 e. The summed E-state index contributed by atoms with van der Waals surface area (Å²) < 4.78 is 13.4. The third kappa shape index (κ3) is 4.77. The Kier molecular flexibility index (Phi) is 6.69. The summed E-state index contributed by atoms with van der Waals surface area (Å²) in [4.78, 5) is 15.6. The van der Waals surface area contributed by atoms with Gasteiger partial charge in [0.2, 0.25) is 0 Å². The molecule has 262 valence electrons. The van der Waals surface area contributed by atoms with Crippen molar-refractivity contribution in [1.82, 2.24) is 15.0 Å². The zero-order valence-corrected chi connectivity index (χ0v) is 30.1. The molecule has 1 aliphatic rings. The summed E-state index contributed by atoms with van der Waals surface area (Å²) in [6.07, 6.45) is 4.99. The topological polar surface area (TPSA) is 65.0 Å². The maximum absolute atomic E-state index is 6.73. The smallest absolute Gasteiger partial charge is 0.163 e. The third-order valence-electron chi connectivity index (χ3n) is 11.4. The molecular formula is C51H31N3O2. The number of rotatable bonds is 4. The van der Waals surface area contributed by atoms with E-state index in [2.05, 4.69) is 152 Å². The van der Waals surface area contributed by atoms with Crippen LogP contribution in [0.5, 0.6) is 0 Å². The Labute approximate surface area is 321 Å². The lowest BCUT2D eigenvalue weighted by Crippen LogP contribution is -2.12. The van der Waals surface area contributed by atoms with Crippen LogP contribution in [0.25, 0.3) is 105 Å². The second-order valence-electron chi connectivity index (χ2n) is 14.7. The molecule has 11 aromatic rings. The van der Waals surface area contributed by atoms with E-state index in [-0.39, 0.29) is 5.92 Å². The average molecular weight is 718 g/mol. The first-order valence-electron chi connectivity index (χ1n) is 19.0. The van der Waals surface area contributed by atoms with E-state index in [0.29, 0.717) is 17.5 Å². The van der Waals surface area contributed by atoms with Crippen molar-refractivity contribution in [1.29, 1.82) is 0 Å². The zero-order valence-electron chi connectivity index (χ0n) is 30.1. The van der Waals surface area contributed by atoms with Crippen molar-refractivity contribution in [2.45, 2.75) is 12.3 Å². The van der Waals surface area contributed by atoms with Crippen LogP contribution in [0.4, 0.5) is 0 Å². The number of para-hydroxylation sites is 1. The highest BCUT2D eigenvalue weighted by Gasteiger charge is 2.31. The Balaban J connectivity index is 1.06. The molecule has 8 aromatic carbocycles. The quantitative estimate of drug-likeness (QED) is 0.170. The molecule has 1 atom stereocenters. The van der Waals surface area contributed by atoms with Crippen molar-refractivity contribution in [2.75, 3.05) is 0 Å². The number of allylic oxidation sites excluding steroid dienone is 1. The van der Waals surface area contributed by atoms with E-state index >= 15 is 0 Å². The highest BCUT2D eigenvalue weighted by molar-refractivity contribution is 6.15. The standard InChI is InChI=1S/C51H31N3O2/c1-2-12-31(13-3-1)49-52-50(35-25-26-37-34(27-35)24-23-30-11-6-7-16-36(30)37)54-51(53-49)41-20-10-22-44-47(41)46-38(17-9-21-43(46)55-44)39-18-8-19-40-42-28-32-14-4-5-15-33(32)29-45(42)56-48(39)40/h1-19,21-29,41H,20H2. The zero-order chi connectivity index (χ0) is 36.7. The van der Waals surface area contributed by atoms with Crippen molar-refractivity contribution in [2.24, 2.45) is 0 Å². The van der Waals surface area contributed by atoms with Gasteiger partial charge in [0.15, 0.2) is 11.6 Å². The van der Waals surface area contributed by atoms with Crippen LogP contribution in [0.1, 0.15) is 29.5 Å². The van der Waals surface area contributed by atoms with Crippen LogP contribution in [0.2, 0.25) is 0 Å². The summed E-state index contributed by atoms with van der Waals surface area (Å²) in [5.74, 6) is 2.66. The average Bonchev–Trinajstić information content (AvgIpc) is 3.83. The summed E-state index contributed by atoms with van der Waals surface area (Å²) in [5, 5.41) is 10.4. The van der Waals surface area contributed by atoms with E-state index in [4.69, 9.17) is 23.8 Å². The third-order valence-corrected chi connectivity index (χ3v) is 11.4. The summed E-state index contributed by atoms with van der Waals surface area (Å²) in [6, 6.07) is 55.2. The van der Waals surface area contributed by atoms with E-state index in [1.807, 2.05) is 18.2 Å². The van der Waals surface area contributed by atoms with Crippen molar-refractivity contribution >= 4 is 71.3 Å².